The van der Waals surface area contributed by atoms with Gasteiger partial charge < -0.3 is 4.74 Å². The average molecular weight is 323 g/mol. The third-order valence-electron chi connectivity index (χ3n) is 3.53. The second-order valence-electron chi connectivity index (χ2n) is 6.12. The molecular formula is C18H20Cl2O. The van der Waals surface area contributed by atoms with Crippen molar-refractivity contribution in [2.24, 2.45) is 0 Å². The Morgan fingerprint density at radius 3 is 2.14 bits per heavy atom. The first-order valence-corrected chi connectivity index (χ1v) is 7.72. The molecule has 0 radical (unpaired) electrons. The zero-order valence-corrected chi connectivity index (χ0v) is 14.3. The van der Waals surface area contributed by atoms with Gasteiger partial charge in [-0.3, -0.25) is 0 Å². The molecule has 2 aromatic rings. The Bertz CT molecular complexity index is 612. The van der Waals surface area contributed by atoms with Crippen LogP contribution in [-0.2, 0) is 5.41 Å². The molecule has 0 amide bonds. The molecule has 0 fully saturated rings. The minimum absolute atomic E-state index is 0.133. The zero-order valence-electron chi connectivity index (χ0n) is 12.8. The van der Waals surface area contributed by atoms with E-state index in [-0.39, 0.29) is 10.8 Å². The van der Waals surface area contributed by atoms with E-state index in [1.54, 1.807) is 13.2 Å². The molecule has 21 heavy (non-hydrogen) atoms. The van der Waals surface area contributed by atoms with E-state index in [4.69, 9.17) is 27.9 Å². The van der Waals surface area contributed by atoms with Gasteiger partial charge in [0.2, 0.25) is 0 Å². The van der Waals surface area contributed by atoms with Gasteiger partial charge in [0, 0.05) is 10.6 Å². The van der Waals surface area contributed by atoms with Gasteiger partial charge in [0.15, 0.2) is 0 Å². The molecular weight excluding hydrogens is 303 g/mol. The summed E-state index contributed by atoms with van der Waals surface area (Å²) in [5.74, 6) is 0.749. The van der Waals surface area contributed by atoms with Crippen molar-refractivity contribution in [3.8, 4) is 5.75 Å². The summed E-state index contributed by atoms with van der Waals surface area (Å²) in [6.07, 6.45) is 0. The molecule has 0 spiro atoms. The van der Waals surface area contributed by atoms with Crippen LogP contribution in [0.15, 0.2) is 42.5 Å². The van der Waals surface area contributed by atoms with Crippen molar-refractivity contribution in [3.63, 3.8) is 0 Å². The molecule has 0 aliphatic carbocycles. The van der Waals surface area contributed by atoms with Crippen LogP contribution in [0.2, 0.25) is 5.02 Å². The summed E-state index contributed by atoms with van der Waals surface area (Å²) in [7, 11) is 1.64. The molecule has 0 aliphatic heterocycles. The lowest BCUT2D eigenvalue weighted by molar-refractivity contribution is 0.410. The lowest BCUT2D eigenvalue weighted by Crippen LogP contribution is -2.10. The van der Waals surface area contributed by atoms with Crippen molar-refractivity contribution in [2.45, 2.75) is 31.6 Å². The fourth-order valence-corrected chi connectivity index (χ4v) is 2.73. The second kappa shape index (κ2) is 6.29. The van der Waals surface area contributed by atoms with Gasteiger partial charge in [-0.25, -0.2) is 0 Å². The highest BCUT2D eigenvalue weighted by molar-refractivity contribution is 6.31. The van der Waals surface area contributed by atoms with Gasteiger partial charge in [-0.15, -0.1) is 11.6 Å². The minimum Gasteiger partial charge on any atom is -0.496 e. The summed E-state index contributed by atoms with van der Waals surface area (Å²) >= 11 is 12.7. The molecule has 0 heterocycles. The summed E-state index contributed by atoms with van der Waals surface area (Å²) in [5.41, 5.74) is 3.34. The molecule has 1 nitrogen and oxygen atoms in total. The summed E-state index contributed by atoms with van der Waals surface area (Å²) < 4.78 is 5.38. The van der Waals surface area contributed by atoms with E-state index in [2.05, 4.69) is 45.0 Å². The number of methoxy groups -OCH3 is 1. The maximum Gasteiger partial charge on any atom is 0.123 e. The summed E-state index contributed by atoms with van der Waals surface area (Å²) in [6, 6.07) is 13.9. The van der Waals surface area contributed by atoms with Crippen molar-refractivity contribution < 1.29 is 4.74 Å². The van der Waals surface area contributed by atoms with Gasteiger partial charge in [-0.05, 0) is 34.7 Å². The number of benzene rings is 2. The number of rotatable bonds is 3. The lowest BCUT2D eigenvalue weighted by atomic mass is 9.86. The third-order valence-corrected chi connectivity index (χ3v) is 4.26. The molecule has 0 N–H and O–H groups in total. The van der Waals surface area contributed by atoms with Gasteiger partial charge in [-0.2, -0.15) is 0 Å². The van der Waals surface area contributed by atoms with Crippen LogP contribution in [0.25, 0.3) is 0 Å². The van der Waals surface area contributed by atoms with E-state index in [0.717, 1.165) is 16.9 Å². The van der Waals surface area contributed by atoms with Crippen LogP contribution in [0.4, 0.5) is 0 Å². The molecule has 0 aliphatic rings. The first kappa shape index (κ1) is 16.2. The van der Waals surface area contributed by atoms with Gasteiger partial charge in [0.05, 0.1) is 12.5 Å². The molecule has 0 saturated carbocycles. The number of hydrogen-bond donors (Lipinski definition) is 0. The SMILES string of the molecule is COc1ccc(Cl)cc1C(Cl)c1ccc(C(C)(C)C)cc1. The van der Waals surface area contributed by atoms with E-state index in [1.807, 2.05) is 12.1 Å². The van der Waals surface area contributed by atoms with Gasteiger partial charge in [-0.1, -0.05) is 56.6 Å². The summed E-state index contributed by atoms with van der Waals surface area (Å²) in [5, 5.41) is 0.371. The normalized spacial score (nSPS) is 13.0. The van der Waals surface area contributed by atoms with Crippen molar-refractivity contribution in [1.29, 1.82) is 0 Å². The standard InChI is InChI=1S/C18H20Cl2O/c1-18(2,3)13-7-5-12(6-8-13)17(20)15-11-14(19)9-10-16(15)21-4/h5-11,17H,1-4H3. The van der Waals surface area contributed by atoms with E-state index in [9.17, 15) is 0 Å². The van der Waals surface area contributed by atoms with Gasteiger partial charge in [0.25, 0.3) is 0 Å². The number of hydrogen-bond acceptors (Lipinski definition) is 1. The van der Waals surface area contributed by atoms with Crippen LogP contribution in [0.5, 0.6) is 5.75 Å². The number of ether oxygens (including phenoxy) is 1. The highest BCUT2D eigenvalue weighted by Gasteiger charge is 2.18. The predicted molar refractivity (Wildman–Crippen MR) is 90.8 cm³/mol. The first-order valence-electron chi connectivity index (χ1n) is 6.91. The smallest absolute Gasteiger partial charge is 0.123 e. The Balaban J connectivity index is 2.36. The highest BCUT2D eigenvalue weighted by Crippen LogP contribution is 2.37. The molecule has 3 heteroatoms. The van der Waals surface area contributed by atoms with Crippen LogP contribution >= 0.6 is 23.2 Å². The largest absolute Gasteiger partial charge is 0.496 e. The Hall–Kier alpha value is -1.18. The Kier molecular flexibility index (Phi) is 4.85. The van der Waals surface area contributed by atoms with Crippen molar-refractivity contribution in [1.82, 2.24) is 0 Å². The third kappa shape index (κ3) is 3.72. The predicted octanol–water partition coefficient (Wildman–Crippen LogP) is 5.97. The molecule has 2 aromatic carbocycles. The number of halogens is 2. The van der Waals surface area contributed by atoms with Crippen molar-refractivity contribution >= 4 is 23.2 Å². The van der Waals surface area contributed by atoms with Crippen LogP contribution < -0.4 is 4.74 Å². The molecule has 1 unspecified atom stereocenters. The monoisotopic (exact) mass is 322 g/mol. The highest BCUT2D eigenvalue weighted by atomic mass is 35.5. The zero-order chi connectivity index (χ0) is 15.6. The number of alkyl halides is 1. The van der Waals surface area contributed by atoms with Crippen LogP contribution in [0.1, 0.15) is 42.8 Å². The maximum atomic E-state index is 6.62. The fraction of sp³-hybridized carbons (Fsp3) is 0.333. The summed E-state index contributed by atoms with van der Waals surface area (Å²) in [6.45, 7) is 6.58. The van der Waals surface area contributed by atoms with Crippen molar-refractivity contribution in [3.05, 3.63) is 64.2 Å². The van der Waals surface area contributed by atoms with E-state index >= 15 is 0 Å². The molecule has 0 aromatic heterocycles. The first-order chi connectivity index (χ1) is 9.82. The van der Waals surface area contributed by atoms with E-state index in [1.165, 1.54) is 5.56 Å². The van der Waals surface area contributed by atoms with Crippen LogP contribution in [0, 0.1) is 0 Å². The Morgan fingerprint density at radius 2 is 1.62 bits per heavy atom. The van der Waals surface area contributed by atoms with Crippen LogP contribution in [-0.4, -0.2) is 7.11 Å². The molecule has 0 bridgehead atoms. The topological polar surface area (TPSA) is 9.23 Å². The quantitative estimate of drug-likeness (QED) is 0.632. The summed E-state index contributed by atoms with van der Waals surface area (Å²) in [4.78, 5) is 0. The van der Waals surface area contributed by atoms with Gasteiger partial charge in [0.1, 0.15) is 5.75 Å². The molecule has 0 saturated heterocycles. The average Bonchev–Trinajstić information content (AvgIpc) is 2.45. The van der Waals surface area contributed by atoms with Crippen LogP contribution in [0.3, 0.4) is 0 Å². The minimum atomic E-state index is -0.285. The van der Waals surface area contributed by atoms with Crippen molar-refractivity contribution in [2.75, 3.05) is 7.11 Å². The molecule has 2 rings (SSSR count). The van der Waals surface area contributed by atoms with Gasteiger partial charge >= 0.3 is 0 Å². The van der Waals surface area contributed by atoms with E-state index in [0.29, 0.717) is 5.02 Å². The van der Waals surface area contributed by atoms with E-state index < -0.39 is 0 Å². The Morgan fingerprint density at radius 1 is 1.00 bits per heavy atom. The molecule has 112 valence electrons. The Labute approximate surface area is 136 Å². The second-order valence-corrected chi connectivity index (χ2v) is 6.99. The molecule has 1 atom stereocenters. The lowest BCUT2D eigenvalue weighted by Gasteiger charge is -2.20. The maximum absolute atomic E-state index is 6.62. The fourth-order valence-electron chi connectivity index (χ4n) is 2.23.